The van der Waals surface area contributed by atoms with Crippen molar-refractivity contribution >= 4 is 30.4 Å². The van der Waals surface area contributed by atoms with Crippen LogP contribution >= 0.6 is 0 Å². The Morgan fingerprint density at radius 2 is 1.19 bits per heavy atom. The first-order valence-electron chi connectivity index (χ1n) is 10.7. The van der Waals surface area contributed by atoms with Gasteiger partial charge in [0.1, 0.15) is 23.9 Å². The number of benzene rings is 2. The van der Waals surface area contributed by atoms with Crippen molar-refractivity contribution in [2.24, 2.45) is 0 Å². The Labute approximate surface area is 204 Å². The molecule has 0 amide bonds. The van der Waals surface area contributed by atoms with Gasteiger partial charge >= 0.3 is 11.9 Å². The summed E-state index contributed by atoms with van der Waals surface area (Å²) in [6.07, 6.45) is -0.515. The Hall–Kier alpha value is -4.35. The molecule has 190 valence electrons. The van der Waals surface area contributed by atoms with Gasteiger partial charge in [-0.25, -0.2) is 9.59 Å². The maximum absolute atomic E-state index is 12.3. The molecule has 11 nitrogen and oxygen atoms in total. The Kier molecular flexibility index (Phi) is 7.97. The summed E-state index contributed by atoms with van der Waals surface area (Å²) in [4.78, 5) is 36.0. The first-order chi connectivity index (χ1) is 17.0. The number of aromatic hydroxyl groups is 4. The lowest BCUT2D eigenvalue weighted by Crippen LogP contribution is -2.55. The van der Waals surface area contributed by atoms with Gasteiger partial charge in [-0.3, -0.25) is 0 Å². The van der Waals surface area contributed by atoms with E-state index in [2.05, 4.69) is 0 Å². The minimum Gasteiger partial charge on any atom is -0.504 e. The number of phenolic OH excluding ortho intramolecular Hbond substituents is 4. The van der Waals surface area contributed by atoms with Crippen molar-refractivity contribution < 1.29 is 54.5 Å². The maximum Gasteiger partial charge on any atom is 0.331 e. The first-order valence-corrected chi connectivity index (χ1v) is 10.7. The largest absolute Gasteiger partial charge is 0.504 e. The number of ether oxygens (including phenoxy) is 2. The third kappa shape index (κ3) is 6.62. The van der Waals surface area contributed by atoms with Crippen LogP contribution in [-0.4, -0.2) is 72.8 Å². The highest BCUT2D eigenvalue weighted by Gasteiger charge is 2.48. The quantitative estimate of drug-likeness (QED) is 0.138. The van der Waals surface area contributed by atoms with Crippen LogP contribution < -0.4 is 0 Å². The molecule has 0 heterocycles. The minimum atomic E-state index is -2.03. The number of hydrogen-bond acceptors (Lipinski definition) is 11. The van der Waals surface area contributed by atoms with Gasteiger partial charge in [-0.1, -0.05) is 12.1 Å². The Morgan fingerprint density at radius 1 is 0.778 bits per heavy atom. The Bertz CT molecular complexity index is 1110. The fourth-order valence-electron chi connectivity index (χ4n) is 3.57. The van der Waals surface area contributed by atoms with Crippen LogP contribution in [-0.2, 0) is 23.9 Å². The van der Waals surface area contributed by atoms with Crippen LogP contribution in [0.15, 0.2) is 48.6 Å². The first kappa shape index (κ1) is 26.3. The summed E-state index contributed by atoms with van der Waals surface area (Å²) < 4.78 is 10.3. The van der Waals surface area contributed by atoms with E-state index in [1.54, 1.807) is 0 Å². The Balaban J connectivity index is 1.67. The van der Waals surface area contributed by atoms with Crippen LogP contribution in [0.2, 0.25) is 0 Å². The van der Waals surface area contributed by atoms with Gasteiger partial charge in [0.15, 0.2) is 29.3 Å². The summed E-state index contributed by atoms with van der Waals surface area (Å²) in [6, 6.07) is 7.66. The third-order valence-electron chi connectivity index (χ3n) is 5.45. The van der Waals surface area contributed by atoms with E-state index >= 15 is 0 Å². The molecular weight excluding hydrogens is 476 g/mol. The molecule has 2 unspecified atom stereocenters. The zero-order valence-corrected chi connectivity index (χ0v) is 18.7. The molecule has 2 aromatic rings. The second-order valence-electron chi connectivity index (χ2n) is 8.23. The summed E-state index contributed by atoms with van der Waals surface area (Å²) >= 11 is 0. The van der Waals surface area contributed by atoms with E-state index in [1.165, 1.54) is 48.6 Å². The summed E-state index contributed by atoms with van der Waals surface area (Å²) in [7, 11) is 0. The molecule has 0 saturated heterocycles. The highest BCUT2D eigenvalue weighted by Crippen LogP contribution is 2.32. The van der Waals surface area contributed by atoms with E-state index in [4.69, 9.17) is 9.47 Å². The van der Waals surface area contributed by atoms with Gasteiger partial charge in [-0.2, -0.15) is 0 Å². The van der Waals surface area contributed by atoms with Crippen LogP contribution in [0.3, 0.4) is 0 Å². The van der Waals surface area contributed by atoms with E-state index in [1.807, 2.05) is 0 Å². The molecule has 0 aromatic heterocycles. The van der Waals surface area contributed by atoms with Gasteiger partial charge in [0.25, 0.3) is 0 Å². The lowest BCUT2D eigenvalue weighted by atomic mass is 9.80. The van der Waals surface area contributed by atoms with Crippen molar-refractivity contribution in [3.63, 3.8) is 0 Å². The summed E-state index contributed by atoms with van der Waals surface area (Å²) in [5.74, 6) is -3.37. The van der Waals surface area contributed by atoms with Crippen LogP contribution in [0.5, 0.6) is 23.0 Å². The molecule has 3 rings (SSSR count). The number of rotatable bonds is 7. The third-order valence-corrected chi connectivity index (χ3v) is 5.45. The summed E-state index contributed by atoms with van der Waals surface area (Å²) in [5.41, 5.74) is -1.32. The summed E-state index contributed by atoms with van der Waals surface area (Å²) in [5, 5.41) is 58.8. The van der Waals surface area contributed by atoms with Crippen LogP contribution in [0.1, 0.15) is 24.0 Å². The fraction of sp³-hybridized carbons (Fsp3) is 0.240. The number of phenols is 4. The normalized spacial score (nSPS) is 24.0. The molecule has 2 aromatic carbocycles. The van der Waals surface area contributed by atoms with E-state index in [0.717, 1.165) is 12.2 Å². The second kappa shape index (κ2) is 10.9. The number of carbonyl (C=O) groups is 3. The minimum absolute atomic E-state index is 0.213. The average molecular weight is 500 g/mol. The highest BCUT2D eigenvalue weighted by molar-refractivity contribution is 5.88. The lowest BCUT2D eigenvalue weighted by Gasteiger charge is -2.40. The van der Waals surface area contributed by atoms with Gasteiger partial charge < -0.3 is 44.9 Å². The van der Waals surface area contributed by atoms with Crippen molar-refractivity contribution in [3.05, 3.63) is 59.7 Å². The highest BCUT2D eigenvalue weighted by atomic mass is 16.6. The molecule has 36 heavy (non-hydrogen) atoms. The van der Waals surface area contributed by atoms with Gasteiger partial charge in [0.2, 0.25) is 0 Å². The Morgan fingerprint density at radius 3 is 1.56 bits per heavy atom. The molecule has 0 aliphatic heterocycles. The molecule has 1 aliphatic carbocycles. The van der Waals surface area contributed by atoms with Crippen LogP contribution in [0.4, 0.5) is 0 Å². The van der Waals surface area contributed by atoms with E-state index in [0.29, 0.717) is 11.1 Å². The topological polar surface area (TPSA) is 191 Å². The van der Waals surface area contributed by atoms with Gasteiger partial charge in [0, 0.05) is 25.0 Å². The van der Waals surface area contributed by atoms with Crippen molar-refractivity contribution in [3.8, 4) is 23.0 Å². The maximum atomic E-state index is 12.3. The molecule has 1 aliphatic rings. The molecule has 0 bridgehead atoms. The van der Waals surface area contributed by atoms with Crippen molar-refractivity contribution in [1.82, 2.24) is 0 Å². The zero-order valence-electron chi connectivity index (χ0n) is 18.7. The number of esters is 2. The van der Waals surface area contributed by atoms with Crippen molar-refractivity contribution in [1.29, 1.82) is 0 Å². The van der Waals surface area contributed by atoms with E-state index in [-0.39, 0.29) is 17.8 Å². The molecule has 11 heteroatoms. The molecule has 0 spiro atoms. The molecule has 1 fully saturated rings. The van der Waals surface area contributed by atoms with Gasteiger partial charge in [0.05, 0.1) is 0 Å². The molecule has 6 N–H and O–H groups in total. The lowest BCUT2D eigenvalue weighted by molar-refractivity contribution is -0.191. The SMILES string of the molecule is O=CC1(O)CC(OC(=O)/C=C/c2ccc(O)c(O)c2)C(O)C(OC(=O)/C=C/c2ccc(O)c(O)c2)C1. The number of carbonyl (C=O) groups excluding carboxylic acids is 3. The average Bonchev–Trinajstić information content (AvgIpc) is 2.83. The fourth-order valence-corrected chi connectivity index (χ4v) is 3.57. The predicted molar refractivity (Wildman–Crippen MR) is 124 cm³/mol. The van der Waals surface area contributed by atoms with Crippen molar-refractivity contribution in [2.75, 3.05) is 0 Å². The number of aldehydes is 1. The standard InChI is InChI=1S/C25H24O11/c26-13-25(34)11-20(35-22(31)7-3-14-1-5-16(27)18(29)9-14)24(33)21(12-25)36-23(32)8-4-15-2-6-17(28)19(30)10-15/h1-10,13,20-21,24,27-30,33-34H,11-12H2/b7-3+,8-4+. The molecule has 1 saturated carbocycles. The number of aliphatic hydroxyl groups excluding tert-OH is 1. The second-order valence-corrected chi connectivity index (χ2v) is 8.23. The van der Waals surface area contributed by atoms with E-state index in [9.17, 15) is 45.0 Å². The smallest absolute Gasteiger partial charge is 0.331 e. The van der Waals surface area contributed by atoms with Gasteiger partial charge in [-0.15, -0.1) is 0 Å². The van der Waals surface area contributed by atoms with Crippen LogP contribution in [0, 0.1) is 0 Å². The number of aliphatic hydroxyl groups is 2. The molecular formula is C25H24O11. The predicted octanol–water partition coefficient (Wildman–Crippen LogP) is 1.14. The van der Waals surface area contributed by atoms with Crippen molar-refractivity contribution in [2.45, 2.75) is 36.8 Å². The zero-order chi connectivity index (χ0) is 26.5. The molecule has 0 radical (unpaired) electrons. The summed E-state index contributed by atoms with van der Waals surface area (Å²) in [6.45, 7) is 0. The monoisotopic (exact) mass is 500 g/mol. The molecule has 2 atom stereocenters. The van der Waals surface area contributed by atoms with Gasteiger partial charge in [-0.05, 0) is 47.5 Å². The van der Waals surface area contributed by atoms with E-state index < -0.39 is 60.2 Å². The van der Waals surface area contributed by atoms with Crippen LogP contribution in [0.25, 0.3) is 12.2 Å². The number of hydrogen-bond donors (Lipinski definition) is 6.